The van der Waals surface area contributed by atoms with Gasteiger partial charge in [-0.15, -0.1) is 0 Å². The summed E-state index contributed by atoms with van der Waals surface area (Å²) in [5.74, 6) is -0.0161. The number of aliphatic hydroxyl groups is 1. The molecule has 0 aromatic carbocycles. The molecule has 0 fully saturated rings. The van der Waals surface area contributed by atoms with Gasteiger partial charge in [-0.1, -0.05) is 51.2 Å². The average molecular weight is 256 g/mol. The van der Waals surface area contributed by atoms with E-state index in [-0.39, 0.29) is 5.83 Å². The molecule has 1 nitrogen and oxygen atoms in total. The zero-order valence-electron chi connectivity index (χ0n) is 11.8. The van der Waals surface area contributed by atoms with Crippen LogP contribution < -0.4 is 0 Å². The summed E-state index contributed by atoms with van der Waals surface area (Å²) < 4.78 is 13.0. The fourth-order valence-corrected chi connectivity index (χ4v) is 1.85. The molecule has 0 atom stereocenters. The lowest BCUT2D eigenvalue weighted by Crippen LogP contribution is -1.83. The molecule has 0 heterocycles. The van der Waals surface area contributed by atoms with Gasteiger partial charge >= 0.3 is 0 Å². The van der Waals surface area contributed by atoms with Crippen molar-refractivity contribution >= 4 is 0 Å². The molecule has 2 heteroatoms. The van der Waals surface area contributed by atoms with Crippen molar-refractivity contribution < 1.29 is 9.50 Å². The van der Waals surface area contributed by atoms with Crippen LogP contribution in [0.4, 0.5) is 4.39 Å². The Hall–Kier alpha value is -0.630. The molecule has 18 heavy (non-hydrogen) atoms. The summed E-state index contributed by atoms with van der Waals surface area (Å²) in [6, 6.07) is 0. The molecule has 0 aliphatic heterocycles. The highest BCUT2D eigenvalue weighted by atomic mass is 19.1. The van der Waals surface area contributed by atoms with E-state index in [1.54, 1.807) is 6.08 Å². The van der Waals surface area contributed by atoms with E-state index in [1.165, 1.54) is 32.1 Å². The summed E-state index contributed by atoms with van der Waals surface area (Å²) in [6.45, 7) is 2.31. The van der Waals surface area contributed by atoms with Crippen LogP contribution in [-0.2, 0) is 0 Å². The van der Waals surface area contributed by atoms with E-state index in [0.717, 1.165) is 25.7 Å². The highest BCUT2D eigenvalue weighted by molar-refractivity contribution is 5.06. The van der Waals surface area contributed by atoms with Crippen molar-refractivity contribution in [3.63, 3.8) is 0 Å². The average Bonchev–Trinajstić information content (AvgIpc) is 2.36. The van der Waals surface area contributed by atoms with E-state index in [9.17, 15) is 4.39 Å². The van der Waals surface area contributed by atoms with E-state index < -0.39 is 0 Å². The minimum atomic E-state index is -0.0161. The summed E-state index contributed by atoms with van der Waals surface area (Å²) in [7, 11) is 0. The third-order valence-corrected chi connectivity index (χ3v) is 2.93. The molecule has 1 N–H and O–H groups in total. The van der Waals surface area contributed by atoms with Gasteiger partial charge in [-0.05, 0) is 38.2 Å². The third-order valence-electron chi connectivity index (χ3n) is 2.93. The first-order valence-corrected chi connectivity index (χ1v) is 7.43. The molecule has 0 amide bonds. The Morgan fingerprint density at radius 1 is 1.00 bits per heavy atom. The summed E-state index contributed by atoms with van der Waals surface area (Å²) in [4.78, 5) is 0. The molecular formula is C16H29FO. The van der Waals surface area contributed by atoms with E-state index in [1.807, 2.05) is 13.0 Å². The predicted molar refractivity (Wildman–Crippen MR) is 77.3 cm³/mol. The number of rotatable bonds is 12. The molecule has 0 aliphatic carbocycles. The maximum Gasteiger partial charge on any atom is 0.0999 e. The number of aliphatic hydroxyl groups excluding tert-OH is 1. The van der Waals surface area contributed by atoms with Crippen LogP contribution in [0, 0.1) is 0 Å². The molecule has 0 aromatic rings. The summed E-state index contributed by atoms with van der Waals surface area (Å²) >= 11 is 0. The summed E-state index contributed by atoms with van der Waals surface area (Å²) in [5.41, 5.74) is 0. The number of halogens is 1. The normalized spacial score (nSPS) is 12.5. The fourth-order valence-electron chi connectivity index (χ4n) is 1.85. The van der Waals surface area contributed by atoms with Gasteiger partial charge in [-0.2, -0.15) is 0 Å². The van der Waals surface area contributed by atoms with Crippen LogP contribution >= 0.6 is 0 Å². The molecule has 0 spiro atoms. The SMILES string of the molecule is CCC/C(F)=C/C=C/CCCCCCCCCO. The van der Waals surface area contributed by atoms with Crippen LogP contribution in [0.25, 0.3) is 0 Å². The lowest BCUT2D eigenvalue weighted by molar-refractivity contribution is 0.282. The Morgan fingerprint density at radius 3 is 2.22 bits per heavy atom. The van der Waals surface area contributed by atoms with Crippen LogP contribution in [0.3, 0.4) is 0 Å². The number of hydrogen-bond donors (Lipinski definition) is 1. The van der Waals surface area contributed by atoms with Crippen molar-refractivity contribution in [2.75, 3.05) is 6.61 Å². The summed E-state index contributed by atoms with van der Waals surface area (Å²) in [6.07, 6.45) is 16.3. The van der Waals surface area contributed by atoms with Crippen molar-refractivity contribution in [2.24, 2.45) is 0 Å². The van der Waals surface area contributed by atoms with Crippen molar-refractivity contribution in [1.82, 2.24) is 0 Å². The highest BCUT2D eigenvalue weighted by Crippen LogP contribution is 2.09. The minimum Gasteiger partial charge on any atom is -0.396 e. The Labute approximate surface area is 112 Å². The quantitative estimate of drug-likeness (QED) is 0.370. The maximum absolute atomic E-state index is 13.0. The van der Waals surface area contributed by atoms with Crippen LogP contribution in [0.2, 0.25) is 0 Å². The first kappa shape index (κ1) is 17.4. The van der Waals surface area contributed by atoms with Gasteiger partial charge < -0.3 is 5.11 Å². The molecule has 0 unspecified atom stereocenters. The second-order valence-corrected chi connectivity index (χ2v) is 4.78. The van der Waals surface area contributed by atoms with Gasteiger partial charge in [0.2, 0.25) is 0 Å². The zero-order chi connectivity index (χ0) is 13.5. The number of hydrogen-bond acceptors (Lipinski definition) is 1. The number of allylic oxidation sites excluding steroid dienone is 4. The first-order chi connectivity index (χ1) is 8.81. The first-order valence-electron chi connectivity index (χ1n) is 7.43. The maximum atomic E-state index is 13.0. The van der Waals surface area contributed by atoms with Crippen LogP contribution in [0.15, 0.2) is 24.1 Å². The Kier molecular flexibility index (Phi) is 13.9. The predicted octanol–water partition coefficient (Wildman–Crippen LogP) is 5.31. The van der Waals surface area contributed by atoms with E-state index in [0.29, 0.717) is 13.0 Å². The van der Waals surface area contributed by atoms with Crippen molar-refractivity contribution in [2.45, 2.75) is 71.1 Å². The van der Waals surface area contributed by atoms with Gasteiger partial charge in [0.05, 0.1) is 5.83 Å². The Morgan fingerprint density at radius 2 is 1.61 bits per heavy atom. The van der Waals surface area contributed by atoms with E-state index in [4.69, 9.17) is 5.11 Å². The van der Waals surface area contributed by atoms with Crippen molar-refractivity contribution in [1.29, 1.82) is 0 Å². The zero-order valence-corrected chi connectivity index (χ0v) is 11.8. The van der Waals surface area contributed by atoms with E-state index in [2.05, 4.69) is 6.08 Å². The second kappa shape index (κ2) is 14.4. The molecule has 0 aliphatic rings. The molecule has 0 rings (SSSR count). The van der Waals surface area contributed by atoms with Gasteiger partial charge in [0.1, 0.15) is 0 Å². The van der Waals surface area contributed by atoms with Gasteiger partial charge in [-0.3, -0.25) is 0 Å². The topological polar surface area (TPSA) is 20.2 Å². The molecular weight excluding hydrogens is 227 g/mol. The molecule has 0 radical (unpaired) electrons. The molecule has 0 bridgehead atoms. The van der Waals surface area contributed by atoms with Crippen molar-refractivity contribution in [3.05, 3.63) is 24.1 Å². The lowest BCUT2D eigenvalue weighted by atomic mass is 10.1. The van der Waals surface area contributed by atoms with Crippen LogP contribution in [0.1, 0.15) is 71.1 Å². The summed E-state index contributed by atoms with van der Waals surface area (Å²) in [5, 5.41) is 8.62. The second-order valence-electron chi connectivity index (χ2n) is 4.78. The minimum absolute atomic E-state index is 0.0161. The van der Waals surface area contributed by atoms with Gasteiger partial charge in [0, 0.05) is 6.61 Å². The largest absolute Gasteiger partial charge is 0.396 e. The highest BCUT2D eigenvalue weighted by Gasteiger charge is 1.91. The van der Waals surface area contributed by atoms with E-state index >= 15 is 0 Å². The Balaban J connectivity index is 3.24. The molecule has 0 saturated heterocycles. The van der Waals surface area contributed by atoms with Gasteiger partial charge in [0.15, 0.2) is 0 Å². The van der Waals surface area contributed by atoms with Crippen LogP contribution in [0.5, 0.6) is 0 Å². The Bertz CT molecular complexity index is 221. The molecule has 0 aromatic heterocycles. The fraction of sp³-hybridized carbons (Fsp3) is 0.750. The molecule has 106 valence electrons. The van der Waals surface area contributed by atoms with Crippen LogP contribution in [-0.4, -0.2) is 11.7 Å². The third kappa shape index (κ3) is 13.4. The smallest absolute Gasteiger partial charge is 0.0999 e. The number of unbranched alkanes of at least 4 members (excludes halogenated alkanes) is 7. The lowest BCUT2D eigenvalue weighted by Gasteiger charge is -1.99. The van der Waals surface area contributed by atoms with Gasteiger partial charge in [-0.25, -0.2) is 4.39 Å². The molecule has 0 saturated carbocycles. The van der Waals surface area contributed by atoms with Crippen molar-refractivity contribution in [3.8, 4) is 0 Å². The van der Waals surface area contributed by atoms with Gasteiger partial charge in [0.25, 0.3) is 0 Å². The standard InChI is InChI=1S/C16H29FO/c1-2-13-16(17)14-11-9-7-5-3-4-6-8-10-12-15-18/h9,11,14,18H,2-8,10,12-13,15H2,1H3/b11-9+,16-14-. The monoisotopic (exact) mass is 256 g/mol.